The monoisotopic (exact) mass is 300 g/mol. The van der Waals surface area contributed by atoms with Crippen LogP contribution in [0.25, 0.3) is 0 Å². The van der Waals surface area contributed by atoms with Gasteiger partial charge in [-0.1, -0.05) is 0 Å². The maximum atomic E-state index is 11.7. The van der Waals surface area contributed by atoms with Gasteiger partial charge in [-0.3, -0.25) is 4.79 Å². The molecule has 118 valence electrons. The highest BCUT2D eigenvalue weighted by atomic mass is 16.6. The molecule has 0 aliphatic rings. The normalized spacial score (nSPS) is 12.6. The van der Waals surface area contributed by atoms with Gasteiger partial charge in [-0.25, -0.2) is 9.59 Å². The van der Waals surface area contributed by atoms with Crippen LogP contribution < -0.4 is 10.9 Å². The molecule has 1 heterocycles. The number of carbonyl (C=O) groups is 2. The first-order valence-electron chi connectivity index (χ1n) is 6.38. The molecule has 0 saturated heterocycles. The highest BCUT2D eigenvalue weighted by Gasteiger charge is 2.27. The number of hydrogen-bond donors (Lipinski definition) is 2. The molecule has 0 aromatic carbocycles. The number of nitrogens with one attached hydrogen (secondary N) is 2. The van der Waals surface area contributed by atoms with Gasteiger partial charge in [0, 0.05) is 6.42 Å². The standard InChI is InChI=1S/C13H20N2O6/c1-7-8(10(16)15-21-7)6-9(11(17)19-5)14-12(18)20-13(2,3)4/h9H,6H2,1-5H3,(H,14,18)(H,15,16). The summed E-state index contributed by atoms with van der Waals surface area (Å²) in [6.07, 6.45) is -0.820. The van der Waals surface area contributed by atoms with Gasteiger partial charge in [-0.05, 0) is 27.7 Å². The van der Waals surface area contributed by atoms with Gasteiger partial charge in [-0.2, -0.15) is 5.16 Å². The van der Waals surface area contributed by atoms with Crippen molar-refractivity contribution in [2.75, 3.05) is 7.11 Å². The Labute approximate surface area is 121 Å². The third kappa shape index (κ3) is 4.97. The minimum Gasteiger partial charge on any atom is -0.467 e. The molecule has 0 aliphatic carbocycles. The summed E-state index contributed by atoms with van der Waals surface area (Å²) in [7, 11) is 1.19. The number of aryl methyl sites for hydroxylation is 1. The molecule has 1 rings (SSSR count). The Kier molecular flexibility index (Phi) is 5.17. The van der Waals surface area contributed by atoms with Crippen molar-refractivity contribution >= 4 is 12.1 Å². The molecule has 1 unspecified atom stereocenters. The van der Waals surface area contributed by atoms with Crippen molar-refractivity contribution < 1.29 is 23.6 Å². The summed E-state index contributed by atoms with van der Waals surface area (Å²) < 4.78 is 14.6. The van der Waals surface area contributed by atoms with E-state index in [9.17, 15) is 14.4 Å². The summed E-state index contributed by atoms with van der Waals surface area (Å²) in [6, 6.07) is -1.04. The Morgan fingerprint density at radius 2 is 2.00 bits per heavy atom. The van der Waals surface area contributed by atoms with E-state index in [2.05, 4.69) is 15.2 Å². The number of esters is 1. The number of carbonyl (C=O) groups excluding carboxylic acids is 2. The summed E-state index contributed by atoms with van der Waals surface area (Å²) in [5, 5.41) is 4.55. The average Bonchev–Trinajstić information content (AvgIpc) is 2.66. The van der Waals surface area contributed by atoms with E-state index in [0.29, 0.717) is 5.76 Å². The molecule has 21 heavy (non-hydrogen) atoms. The van der Waals surface area contributed by atoms with Crippen LogP contribution in [0.2, 0.25) is 0 Å². The predicted molar refractivity (Wildman–Crippen MR) is 72.9 cm³/mol. The lowest BCUT2D eigenvalue weighted by Crippen LogP contribution is -2.45. The van der Waals surface area contributed by atoms with Crippen molar-refractivity contribution in [2.24, 2.45) is 0 Å². The number of methoxy groups -OCH3 is 1. The third-order valence-corrected chi connectivity index (χ3v) is 2.58. The van der Waals surface area contributed by atoms with Crippen LogP contribution >= 0.6 is 0 Å². The lowest BCUT2D eigenvalue weighted by molar-refractivity contribution is -0.143. The smallest absolute Gasteiger partial charge is 0.408 e. The van der Waals surface area contributed by atoms with Crippen LogP contribution in [0.3, 0.4) is 0 Å². The van der Waals surface area contributed by atoms with E-state index >= 15 is 0 Å². The molecule has 1 aromatic rings. The van der Waals surface area contributed by atoms with Crippen LogP contribution in [0, 0.1) is 6.92 Å². The van der Waals surface area contributed by atoms with E-state index in [1.54, 1.807) is 27.7 Å². The zero-order chi connectivity index (χ0) is 16.2. The number of alkyl carbamates (subject to hydrolysis) is 1. The molecular weight excluding hydrogens is 280 g/mol. The third-order valence-electron chi connectivity index (χ3n) is 2.58. The molecule has 0 spiro atoms. The number of H-pyrrole nitrogens is 1. The Morgan fingerprint density at radius 1 is 1.38 bits per heavy atom. The molecule has 0 bridgehead atoms. The van der Waals surface area contributed by atoms with E-state index in [4.69, 9.17) is 9.26 Å². The van der Waals surface area contributed by atoms with Crippen LogP contribution in [0.15, 0.2) is 9.32 Å². The molecule has 1 atom stereocenters. The zero-order valence-electron chi connectivity index (χ0n) is 12.7. The van der Waals surface area contributed by atoms with Gasteiger partial charge in [-0.15, -0.1) is 0 Å². The SMILES string of the molecule is COC(=O)C(Cc1c(C)o[nH]c1=O)NC(=O)OC(C)(C)C. The van der Waals surface area contributed by atoms with Crippen LogP contribution in [0.4, 0.5) is 4.79 Å². The number of rotatable bonds is 4. The maximum Gasteiger partial charge on any atom is 0.408 e. The number of aromatic nitrogens is 1. The molecule has 1 amide bonds. The topological polar surface area (TPSA) is 111 Å². The first kappa shape index (κ1) is 16.8. The second-order valence-corrected chi connectivity index (χ2v) is 5.49. The number of aromatic amines is 1. The van der Waals surface area contributed by atoms with E-state index in [1.165, 1.54) is 7.11 Å². The van der Waals surface area contributed by atoms with Crippen molar-refractivity contribution in [3.05, 3.63) is 21.7 Å². The van der Waals surface area contributed by atoms with E-state index < -0.39 is 29.3 Å². The first-order valence-corrected chi connectivity index (χ1v) is 6.38. The average molecular weight is 300 g/mol. The van der Waals surface area contributed by atoms with Crippen LogP contribution in [0.5, 0.6) is 0 Å². The Balaban J connectivity index is 2.85. The van der Waals surface area contributed by atoms with Crippen LogP contribution in [-0.4, -0.2) is 36.0 Å². The number of amides is 1. The van der Waals surface area contributed by atoms with Crippen LogP contribution in [0.1, 0.15) is 32.1 Å². The van der Waals surface area contributed by atoms with Gasteiger partial charge in [0.15, 0.2) is 0 Å². The fourth-order valence-electron chi connectivity index (χ4n) is 1.63. The van der Waals surface area contributed by atoms with Crippen molar-refractivity contribution in [3.8, 4) is 0 Å². The fraction of sp³-hybridized carbons (Fsp3) is 0.615. The Bertz CT molecular complexity index is 566. The first-order chi connectivity index (χ1) is 9.64. The van der Waals surface area contributed by atoms with Crippen molar-refractivity contribution in [2.45, 2.75) is 45.8 Å². The van der Waals surface area contributed by atoms with Crippen molar-refractivity contribution in [3.63, 3.8) is 0 Å². The van der Waals surface area contributed by atoms with Gasteiger partial charge in [0.1, 0.15) is 17.4 Å². The minimum atomic E-state index is -1.04. The molecule has 1 aromatic heterocycles. The lowest BCUT2D eigenvalue weighted by atomic mass is 10.1. The summed E-state index contributed by atoms with van der Waals surface area (Å²) >= 11 is 0. The minimum absolute atomic E-state index is 0.0520. The summed E-state index contributed by atoms with van der Waals surface area (Å²) in [5.74, 6) is -0.333. The Morgan fingerprint density at radius 3 is 2.43 bits per heavy atom. The summed E-state index contributed by atoms with van der Waals surface area (Å²) in [6.45, 7) is 6.68. The number of ether oxygens (including phenoxy) is 2. The summed E-state index contributed by atoms with van der Waals surface area (Å²) in [4.78, 5) is 35.0. The van der Waals surface area contributed by atoms with E-state index in [0.717, 1.165) is 0 Å². The highest BCUT2D eigenvalue weighted by Crippen LogP contribution is 2.09. The van der Waals surface area contributed by atoms with Gasteiger partial charge in [0.05, 0.1) is 12.7 Å². The molecule has 0 saturated carbocycles. The second-order valence-electron chi connectivity index (χ2n) is 5.49. The fourth-order valence-corrected chi connectivity index (χ4v) is 1.63. The highest BCUT2D eigenvalue weighted by molar-refractivity contribution is 5.81. The second kappa shape index (κ2) is 6.47. The predicted octanol–water partition coefficient (Wildman–Crippen LogP) is 0.885. The van der Waals surface area contributed by atoms with Crippen molar-refractivity contribution in [1.82, 2.24) is 10.5 Å². The largest absolute Gasteiger partial charge is 0.467 e. The van der Waals surface area contributed by atoms with Gasteiger partial charge in [0.2, 0.25) is 0 Å². The van der Waals surface area contributed by atoms with Gasteiger partial charge < -0.3 is 19.3 Å². The molecular formula is C13H20N2O6. The van der Waals surface area contributed by atoms with Crippen molar-refractivity contribution in [1.29, 1.82) is 0 Å². The zero-order valence-corrected chi connectivity index (χ0v) is 12.7. The Hall–Kier alpha value is -2.25. The quantitative estimate of drug-likeness (QED) is 0.799. The molecule has 0 fully saturated rings. The van der Waals surface area contributed by atoms with E-state index in [-0.39, 0.29) is 12.0 Å². The molecule has 0 radical (unpaired) electrons. The summed E-state index contributed by atoms with van der Waals surface area (Å²) in [5.41, 5.74) is -0.887. The van der Waals surface area contributed by atoms with Gasteiger partial charge in [0.25, 0.3) is 5.56 Å². The lowest BCUT2D eigenvalue weighted by Gasteiger charge is -2.22. The van der Waals surface area contributed by atoms with E-state index in [1.807, 2.05) is 0 Å². The van der Waals surface area contributed by atoms with Crippen LogP contribution in [-0.2, 0) is 20.7 Å². The molecule has 0 aliphatic heterocycles. The maximum absolute atomic E-state index is 11.7. The molecule has 8 heteroatoms. The number of hydrogen-bond acceptors (Lipinski definition) is 6. The molecule has 2 N–H and O–H groups in total. The molecule has 8 nitrogen and oxygen atoms in total. The van der Waals surface area contributed by atoms with Gasteiger partial charge >= 0.3 is 12.1 Å².